The van der Waals surface area contributed by atoms with Crippen LogP contribution in [0.2, 0.25) is 10.0 Å². The van der Waals surface area contributed by atoms with Crippen molar-refractivity contribution in [2.45, 2.75) is 44.7 Å². The molecule has 0 unspecified atom stereocenters. The highest BCUT2D eigenvalue weighted by molar-refractivity contribution is 7.92. The number of aryl methyl sites for hydroxylation is 2. The second-order valence-corrected chi connectivity index (χ2v) is 11.6. The first-order valence-electron chi connectivity index (χ1n) is 12.1. The number of carbonyl (C=O) groups excluding carboxylic acids is 2. The maximum absolute atomic E-state index is 13.9. The van der Waals surface area contributed by atoms with E-state index in [-0.39, 0.29) is 17.3 Å². The number of nitrogens with one attached hydrogen (secondary N) is 1. The third-order valence-corrected chi connectivity index (χ3v) is 8.62. The minimum Gasteiger partial charge on any atom is -0.357 e. The molecule has 202 valence electrons. The predicted octanol–water partition coefficient (Wildman–Crippen LogP) is 5.36. The lowest BCUT2D eigenvalue weighted by Gasteiger charge is -2.33. The van der Waals surface area contributed by atoms with Gasteiger partial charge in [0.2, 0.25) is 11.8 Å². The van der Waals surface area contributed by atoms with Crippen molar-refractivity contribution < 1.29 is 18.0 Å². The molecule has 0 aliphatic carbocycles. The summed E-state index contributed by atoms with van der Waals surface area (Å²) in [5.74, 6) is -0.908. The fourth-order valence-electron chi connectivity index (χ4n) is 4.15. The lowest BCUT2D eigenvalue weighted by atomic mass is 10.1. The number of nitrogens with zero attached hydrogens (tertiary/aromatic N) is 2. The number of amides is 2. The largest absolute Gasteiger partial charge is 0.357 e. The first kappa shape index (κ1) is 29.5. The molecule has 1 atom stereocenters. The Hall–Kier alpha value is -3.07. The van der Waals surface area contributed by atoms with Crippen molar-refractivity contribution in [2.75, 3.05) is 17.9 Å². The summed E-state index contributed by atoms with van der Waals surface area (Å²) in [4.78, 5) is 28.1. The van der Waals surface area contributed by atoms with Crippen molar-refractivity contribution in [3.8, 4) is 0 Å². The fraction of sp³-hybridized carbons (Fsp3) is 0.286. The normalized spacial score (nSPS) is 12.1. The fourth-order valence-corrected chi connectivity index (χ4v) is 6.05. The molecule has 0 aliphatic heterocycles. The number of rotatable bonds is 10. The van der Waals surface area contributed by atoms with Crippen LogP contribution in [0.4, 0.5) is 5.69 Å². The van der Waals surface area contributed by atoms with E-state index in [1.54, 1.807) is 68.4 Å². The van der Waals surface area contributed by atoms with Crippen molar-refractivity contribution in [1.29, 1.82) is 0 Å². The van der Waals surface area contributed by atoms with Crippen LogP contribution in [0.1, 0.15) is 30.0 Å². The molecule has 1 N–H and O–H groups in total. The molecular formula is C28H31Cl2N3O4S. The smallest absolute Gasteiger partial charge is 0.264 e. The summed E-state index contributed by atoms with van der Waals surface area (Å²) < 4.78 is 28.9. The van der Waals surface area contributed by atoms with E-state index in [2.05, 4.69) is 5.32 Å². The van der Waals surface area contributed by atoms with Gasteiger partial charge in [0.25, 0.3) is 10.0 Å². The molecule has 0 aliphatic rings. The van der Waals surface area contributed by atoms with Crippen LogP contribution in [0.25, 0.3) is 0 Å². The molecule has 3 rings (SSSR count). The van der Waals surface area contributed by atoms with Gasteiger partial charge in [-0.3, -0.25) is 13.9 Å². The molecule has 0 aromatic heterocycles. The van der Waals surface area contributed by atoms with E-state index < -0.39 is 28.5 Å². The average Bonchev–Trinajstić information content (AvgIpc) is 2.88. The average molecular weight is 577 g/mol. The minimum absolute atomic E-state index is 0.0302. The highest BCUT2D eigenvalue weighted by Crippen LogP contribution is 2.30. The van der Waals surface area contributed by atoms with E-state index >= 15 is 0 Å². The summed E-state index contributed by atoms with van der Waals surface area (Å²) in [7, 11) is -2.66. The predicted molar refractivity (Wildman–Crippen MR) is 152 cm³/mol. The quantitative estimate of drug-likeness (QED) is 0.352. The third-order valence-electron chi connectivity index (χ3n) is 6.25. The zero-order valence-electron chi connectivity index (χ0n) is 21.7. The SMILES string of the molecule is CC[C@H](C(=O)NC)N(Cc1ccccc1Cl)C(=O)CN(c1ccc(Cl)cc1C)S(=O)(=O)c1ccc(C)cc1. The van der Waals surface area contributed by atoms with Crippen LogP contribution >= 0.6 is 23.2 Å². The molecule has 0 spiro atoms. The molecule has 3 aromatic carbocycles. The molecule has 0 bridgehead atoms. The van der Waals surface area contributed by atoms with E-state index in [1.807, 2.05) is 6.92 Å². The van der Waals surface area contributed by atoms with Crippen LogP contribution in [0, 0.1) is 13.8 Å². The summed E-state index contributed by atoms with van der Waals surface area (Å²) >= 11 is 12.5. The molecule has 0 saturated carbocycles. The van der Waals surface area contributed by atoms with E-state index in [0.29, 0.717) is 33.3 Å². The Kier molecular flexibility index (Phi) is 9.82. The van der Waals surface area contributed by atoms with Crippen LogP contribution < -0.4 is 9.62 Å². The zero-order valence-corrected chi connectivity index (χ0v) is 24.1. The van der Waals surface area contributed by atoms with Gasteiger partial charge in [-0.15, -0.1) is 0 Å². The second kappa shape index (κ2) is 12.7. The monoisotopic (exact) mass is 575 g/mol. The first-order valence-corrected chi connectivity index (χ1v) is 14.3. The van der Waals surface area contributed by atoms with Crippen molar-refractivity contribution >= 4 is 50.7 Å². The number of likely N-dealkylation sites (N-methyl/N-ethyl adjacent to an activating group) is 1. The van der Waals surface area contributed by atoms with E-state index in [9.17, 15) is 18.0 Å². The van der Waals surface area contributed by atoms with Gasteiger partial charge in [0, 0.05) is 23.6 Å². The van der Waals surface area contributed by atoms with Crippen molar-refractivity contribution in [3.63, 3.8) is 0 Å². The number of sulfonamides is 1. The molecule has 10 heteroatoms. The maximum Gasteiger partial charge on any atom is 0.264 e. The van der Waals surface area contributed by atoms with Crippen LogP contribution in [-0.2, 0) is 26.2 Å². The maximum atomic E-state index is 13.9. The molecular weight excluding hydrogens is 545 g/mol. The lowest BCUT2D eigenvalue weighted by molar-refractivity contribution is -0.140. The third kappa shape index (κ3) is 6.67. The Labute approximate surface area is 234 Å². The van der Waals surface area contributed by atoms with Crippen molar-refractivity contribution in [2.24, 2.45) is 0 Å². The van der Waals surface area contributed by atoms with Gasteiger partial charge in [-0.2, -0.15) is 0 Å². The van der Waals surface area contributed by atoms with Gasteiger partial charge in [0.05, 0.1) is 10.6 Å². The summed E-state index contributed by atoms with van der Waals surface area (Å²) in [5, 5.41) is 3.48. The second-order valence-electron chi connectivity index (χ2n) is 8.91. The molecule has 0 saturated heterocycles. The first-order chi connectivity index (χ1) is 18.0. The molecule has 38 heavy (non-hydrogen) atoms. The summed E-state index contributed by atoms with van der Waals surface area (Å²) in [5.41, 5.74) is 2.43. The van der Waals surface area contributed by atoms with Crippen molar-refractivity contribution in [1.82, 2.24) is 10.2 Å². The minimum atomic E-state index is -4.16. The van der Waals surface area contributed by atoms with E-state index in [4.69, 9.17) is 23.2 Å². The van der Waals surface area contributed by atoms with E-state index in [0.717, 1.165) is 9.87 Å². The Balaban J connectivity index is 2.11. The van der Waals surface area contributed by atoms with Gasteiger partial charge < -0.3 is 10.2 Å². The topological polar surface area (TPSA) is 86.8 Å². The lowest BCUT2D eigenvalue weighted by Crippen LogP contribution is -2.51. The zero-order chi connectivity index (χ0) is 28.0. The Morgan fingerprint density at radius 3 is 2.21 bits per heavy atom. The number of hydrogen-bond donors (Lipinski definition) is 1. The van der Waals surface area contributed by atoms with Gasteiger partial charge >= 0.3 is 0 Å². The summed E-state index contributed by atoms with van der Waals surface area (Å²) in [6, 6.07) is 17.4. The van der Waals surface area contributed by atoms with Crippen molar-refractivity contribution in [3.05, 3.63) is 93.5 Å². The molecule has 2 amide bonds. The number of hydrogen-bond acceptors (Lipinski definition) is 4. The standard InChI is InChI=1S/C28H31Cl2N3O4S/c1-5-25(28(35)31-4)32(17-21-8-6-7-9-24(21)30)27(34)18-33(26-15-12-22(29)16-20(26)3)38(36,37)23-13-10-19(2)11-14-23/h6-16,25H,5,17-18H2,1-4H3,(H,31,35)/t25-/m1/s1. The van der Waals surface area contributed by atoms with E-state index in [1.165, 1.54) is 24.1 Å². The number of halogens is 2. The van der Waals surface area contributed by atoms with Crippen LogP contribution in [0.5, 0.6) is 0 Å². The molecule has 0 radical (unpaired) electrons. The Bertz CT molecular complexity index is 1410. The van der Waals surface area contributed by atoms with Crippen LogP contribution in [0.3, 0.4) is 0 Å². The summed E-state index contributed by atoms with van der Waals surface area (Å²) in [6.45, 7) is 4.87. The number of anilines is 1. The van der Waals surface area contributed by atoms with Gasteiger partial charge in [0.1, 0.15) is 12.6 Å². The van der Waals surface area contributed by atoms with Gasteiger partial charge in [-0.1, -0.05) is 66.0 Å². The highest BCUT2D eigenvalue weighted by Gasteiger charge is 2.34. The van der Waals surface area contributed by atoms with Crippen LogP contribution in [-0.4, -0.2) is 44.8 Å². The molecule has 7 nitrogen and oxygen atoms in total. The Morgan fingerprint density at radius 2 is 1.63 bits per heavy atom. The van der Waals surface area contributed by atoms with Gasteiger partial charge in [0.15, 0.2) is 0 Å². The molecule has 0 fully saturated rings. The summed E-state index contributed by atoms with van der Waals surface area (Å²) in [6.07, 6.45) is 0.320. The van der Waals surface area contributed by atoms with Gasteiger partial charge in [-0.25, -0.2) is 8.42 Å². The van der Waals surface area contributed by atoms with Gasteiger partial charge in [-0.05, 0) is 67.8 Å². The number of carbonyl (C=O) groups is 2. The molecule has 0 heterocycles. The number of benzene rings is 3. The van der Waals surface area contributed by atoms with Crippen LogP contribution in [0.15, 0.2) is 71.6 Å². The molecule has 3 aromatic rings. The Morgan fingerprint density at radius 1 is 0.974 bits per heavy atom. The highest BCUT2D eigenvalue weighted by atomic mass is 35.5.